The number of carbonyl (C=O) groups excluding carboxylic acids is 2. The molecule has 2 atom stereocenters. The van der Waals surface area contributed by atoms with Crippen molar-refractivity contribution in [2.24, 2.45) is 5.92 Å². The molecule has 0 aromatic carbocycles. The minimum atomic E-state index is -0.0383. The molecule has 2 N–H and O–H groups in total. The van der Waals surface area contributed by atoms with Crippen LogP contribution < -0.4 is 10.6 Å². The Morgan fingerprint density at radius 1 is 1.38 bits per heavy atom. The third-order valence-corrected chi connectivity index (χ3v) is 3.25. The van der Waals surface area contributed by atoms with Gasteiger partial charge in [-0.1, -0.05) is 12.2 Å². The summed E-state index contributed by atoms with van der Waals surface area (Å²) >= 11 is 0. The van der Waals surface area contributed by atoms with Crippen LogP contribution in [0.5, 0.6) is 0 Å². The van der Waals surface area contributed by atoms with Crippen molar-refractivity contribution in [2.75, 3.05) is 6.54 Å². The van der Waals surface area contributed by atoms with E-state index >= 15 is 0 Å². The molecule has 4 nitrogen and oxygen atoms in total. The van der Waals surface area contributed by atoms with Gasteiger partial charge in [-0.15, -0.1) is 0 Å². The predicted octanol–water partition coefficient (Wildman–Crippen LogP) is 0.738. The molecule has 2 aliphatic rings. The van der Waals surface area contributed by atoms with Gasteiger partial charge in [-0.25, -0.2) is 0 Å². The van der Waals surface area contributed by atoms with Crippen molar-refractivity contribution >= 4 is 11.8 Å². The van der Waals surface area contributed by atoms with Gasteiger partial charge in [0.25, 0.3) is 0 Å². The normalized spacial score (nSPS) is 29.6. The third-order valence-electron chi connectivity index (χ3n) is 3.25. The lowest BCUT2D eigenvalue weighted by Crippen LogP contribution is -2.46. The Morgan fingerprint density at radius 2 is 2.25 bits per heavy atom. The first-order valence-corrected chi connectivity index (χ1v) is 5.98. The van der Waals surface area contributed by atoms with Crippen molar-refractivity contribution in [1.29, 1.82) is 0 Å². The van der Waals surface area contributed by atoms with Crippen LogP contribution >= 0.6 is 0 Å². The Morgan fingerprint density at radius 3 is 2.88 bits per heavy atom. The van der Waals surface area contributed by atoms with E-state index in [1.54, 1.807) is 0 Å². The molecule has 0 bridgehead atoms. The number of piperidine rings is 1. The number of hydrogen-bond acceptors (Lipinski definition) is 2. The Kier molecular flexibility index (Phi) is 3.59. The molecule has 0 aromatic heterocycles. The van der Waals surface area contributed by atoms with Crippen molar-refractivity contribution in [3.05, 3.63) is 12.2 Å². The topological polar surface area (TPSA) is 58.2 Å². The highest BCUT2D eigenvalue weighted by Crippen LogP contribution is 2.14. The first-order valence-electron chi connectivity index (χ1n) is 5.98. The molecule has 0 spiro atoms. The Balaban J connectivity index is 1.79. The summed E-state index contributed by atoms with van der Waals surface area (Å²) in [6.07, 6.45) is 8.45. The fourth-order valence-electron chi connectivity index (χ4n) is 2.20. The molecule has 1 aliphatic heterocycles. The van der Waals surface area contributed by atoms with E-state index in [0.717, 1.165) is 19.3 Å². The number of nitrogens with one attached hydrogen (secondary N) is 2. The van der Waals surface area contributed by atoms with E-state index < -0.39 is 0 Å². The number of carbonyl (C=O) groups is 2. The Labute approximate surface area is 95.5 Å². The fraction of sp³-hybridized carbons (Fsp3) is 0.667. The standard InChI is InChI=1S/C12H18N2O2/c15-11-7-6-9(8-13-11)12(16)14-10-4-2-1-3-5-10/h1-2,9-10H,3-8H2,(H,13,15)(H,14,16). The van der Waals surface area contributed by atoms with E-state index in [1.807, 2.05) is 0 Å². The number of hydrogen-bond donors (Lipinski definition) is 2. The van der Waals surface area contributed by atoms with Crippen LogP contribution in [0.1, 0.15) is 32.1 Å². The predicted molar refractivity (Wildman–Crippen MR) is 60.7 cm³/mol. The second-order valence-corrected chi connectivity index (χ2v) is 4.53. The molecule has 1 aliphatic carbocycles. The van der Waals surface area contributed by atoms with Gasteiger partial charge in [-0.2, -0.15) is 0 Å². The summed E-state index contributed by atoms with van der Waals surface area (Å²) in [6, 6.07) is 0.287. The highest BCUT2D eigenvalue weighted by Gasteiger charge is 2.25. The van der Waals surface area contributed by atoms with Gasteiger partial charge in [-0.3, -0.25) is 9.59 Å². The van der Waals surface area contributed by atoms with Crippen LogP contribution in [0.25, 0.3) is 0 Å². The van der Waals surface area contributed by atoms with Crippen molar-refractivity contribution in [1.82, 2.24) is 10.6 Å². The second kappa shape index (κ2) is 5.14. The quantitative estimate of drug-likeness (QED) is 0.677. The van der Waals surface area contributed by atoms with Crippen LogP contribution in [0.15, 0.2) is 12.2 Å². The van der Waals surface area contributed by atoms with Crippen molar-refractivity contribution in [3.63, 3.8) is 0 Å². The van der Waals surface area contributed by atoms with Crippen LogP contribution in [0.2, 0.25) is 0 Å². The average molecular weight is 222 g/mol. The van der Waals surface area contributed by atoms with E-state index in [1.165, 1.54) is 0 Å². The highest BCUT2D eigenvalue weighted by molar-refractivity contribution is 5.83. The zero-order chi connectivity index (χ0) is 11.4. The minimum Gasteiger partial charge on any atom is -0.355 e. The summed E-state index contributed by atoms with van der Waals surface area (Å²) < 4.78 is 0. The average Bonchev–Trinajstić information content (AvgIpc) is 2.31. The second-order valence-electron chi connectivity index (χ2n) is 4.53. The first kappa shape index (κ1) is 11.2. The van der Waals surface area contributed by atoms with Gasteiger partial charge in [0.1, 0.15) is 0 Å². The van der Waals surface area contributed by atoms with Crippen LogP contribution in [0.3, 0.4) is 0 Å². The number of rotatable bonds is 2. The Bertz CT molecular complexity index is 302. The summed E-state index contributed by atoms with van der Waals surface area (Å²) in [5, 5.41) is 5.80. The maximum absolute atomic E-state index is 11.9. The lowest BCUT2D eigenvalue weighted by atomic mass is 9.96. The minimum absolute atomic E-state index is 0.0383. The van der Waals surface area contributed by atoms with E-state index in [-0.39, 0.29) is 23.8 Å². The molecule has 1 heterocycles. The molecule has 4 heteroatoms. The highest BCUT2D eigenvalue weighted by atomic mass is 16.2. The molecule has 0 radical (unpaired) electrons. The van der Waals surface area contributed by atoms with E-state index in [4.69, 9.17) is 0 Å². The first-order chi connectivity index (χ1) is 7.75. The van der Waals surface area contributed by atoms with Crippen LogP contribution in [-0.2, 0) is 9.59 Å². The smallest absolute Gasteiger partial charge is 0.225 e. The lowest BCUT2D eigenvalue weighted by Gasteiger charge is -2.25. The maximum atomic E-state index is 11.9. The van der Waals surface area contributed by atoms with Gasteiger partial charge >= 0.3 is 0 Å². The van der Waals surface area contributed by atoms with Crippen LogP contribution in [0.4, 0.5) is 0 Å². The third kappa shape index (κ3) is 2.84. The molecular weight excluding hydrogens is 204 g/mol. The van der Waals surface area contributed by atoms with E-state index in [9.17, 15) is 9.59 Å². The molecule has 0 saturated carbocycles. The Hall–Kier alpha value is -1.32. The summed E-state index contributed by atoms with van der Waals surface area (Å²) in [5.74, 6) is 0.119. The zero-order valence-corrected chi connectivity index (χ0v) is 9.37. The summed E-state index contributed by atoms with van der Waals surface area (Å²) in [7, 11) is 0. The summed E-state index contributed by atoms with van der Waals surface area (Å²) in [5.41, 5.74) is 0. The van der Waals surface area contributed by atoms with Crippen LogP contribution in [-0.4, -0.2) is 24.4 Å². The maximum Gasteiger partial charge on any atom is 0.225 e. The molecular formula is C12H18N2O2. The number of allylic oxidation sites excluding steroid dienone is 1. The largest absolute Gasteiger partial charge is 0.355 e. The van der Waals surface area contributed by atoms with Gasteiger partial charge < -0.3 is 10.6 Å². The lowest BCUT2D eigenvalue weighted by molar-refractivity contribution is -0.129. The van der Waals surface area contributed by atoms with Gasteiger partial charge in [0.2, 0.25) is 11.8 Å². The molecule has 1 fully saturated rings. The van der Waals surface area contributed by atoms with Crippen molar-refractivity contribution in [3.8, 4) is 0 Å². The molecule has 0 aromatic rings. The zero-order valence-electron chi connectivity index (χ0n) is 9.37. The van der Waals surface area contributed by atoms with Gasteiger partial charge in [0, 0.05) is 19.0 Å². The summed E-state index contributed by atoms with van der Waals surface area (Å²) in [6.45, 7) is 0.493. The van der Waals surface area contributed by atoms with Crippen molar-refractivity contribution in [2.45, 2.75) is 38.1 Å². The SMILES string of the molecule is O=C1CCC(C(=O)NC2CC=CCC2)CN1. The van der Waals surface area contributed by atoms with E-state index in [0.29, 0.717) is 19.4 Å². The molecule has 2 rings (SSSR count). The van der Waals surface area contributed by atoms with Crippen LogP contribution in [0, 0.1) is 5.92 Å². The molecule has 2 amide bonds. The molecule has 88 valence electrons. The van der Waals surface area contributed by atoms with Gasteiger partial charge in [-0.05, 0) is 25.7 Å². The molecule has 2 unspecified atom stereocenters. The summed E-state index contributed by atoms with van der Waals surface area (Å²) in [4.78, 5) is 22.9. The van der Waals surface area contributed by atoms with Gasteiger partial charge in [0.05, 0.1) is 5.92 Å². The monoisotopic (exact) mass is 222 g/mol. The molecule has 1 saturated heterocycles. The van der Waals surface area contributed by atoms with Gasteiger partial charge in [0.15, 0.2) is 0 Å². The molecule has 16 heavy (non-hydrogen) atoms. The van der Waals surface area contributed by atoms with Crippen molar-refractivity contribution < 1.29 is 9.59 Å². The fourth-order valence-corrected chi connectivity index (χ4v) is 2.20. The van der Waals surface area contributed by atoms with E-state index in [2.05, 4.69) is 22.8 Å². The number of amides is 2.